The summed E-state index contributed by atoms with van der Waals surface area (Å²) >= 11 is 0. The lowest BCUT2D eigenvalue weighted by atomic mass is 10.3. The molecule has 0 amide bonds. The zero-order valence-electron chi connectivity index (χ0n) is 10.6. The molecule has 2 aromatic rings. The number of esters is 1. The Morgan fingerprint density at radius 1 is 1.42 bits per heavy atom. The lowest BCUT2D eigenvalue weighted by molar-refractivity contribution is 0.0593. The summed E-state index contributed by atoms with van der Waals surface area (Å²) < 4.78 is 4.54. The fraction of sp³-hybridized carbons (Fsp3) is 0.333. The van der Waals surface area contributed by atoms with E-state index < -0.39 is 5.97 Å². The molecule has 0 saturated carbocycles. The van der Waals surface area contributed by atoms with Crippen molar-refractivity contribution < 1.29 is 9.53 Å². The standard InChI is InChI=1S/C12H15N5O2/c1-19-12(18)9-4-5-11(17-16-9)13-6-2-3-10-14-7-8-15-10/h4-5,7-8H,2-3,6H2,1H3,(H,13,17)(H,14,15). The topological polar surface area (TPSA) is 92.8 Å². The Morgan fingerprint density at radius 3 is 2.95 bits per heavy atom. The number of nitrogens with zero attached hydrogens (tertiary/aromatic N) is 3. The molecule has 7 nitrogen and oxygen atoms in total. The van der Waals surface area contributed by atoms with Gasteiger partial charge in [0.05, 0.1) is 7.11 Å². The Kier molecular flexibility index (Phi) is 4.44. The van der Waals surface area contributed by atoms with Crippen molar-refractivity contribution in [3.8, 4) is 0 Å². The molecule has 0 bridgehead atoms. The molecule has 0 atom stereocenters. The number of aromatic amines is 1. The minimum absolute atomic E-state index is 0.198. The lowest BCUT2D eigenvalue weighted by Crippen LogP contribution is -2.09. The van der Waals surface area contributed by atoms with E-state index in [1.807, 2.05) is 0 Å². The lowest BCUT2D eigenvalue weighted by Gasteiger charge is -2.04. The van der Waals surface area contributed by atoms with Crippen molar-refractivity contribution in [1.29, 1.82) is 0 Å². The second-order valence-corrected chi connectivity index (χ2v) is 3.86. The van der Waals surface area contributed by atoms with Crippen LogP contribution in [0.4, 0.5) is 5.82 Å². The number of aromatic nitrogens is 4. The van der Waals surface area contributed by atoms with E-state index in [2.05, 4.69) is 30.2 Å². The number of carbonyl (C=O) groups excluding carboxylic acids is 1. The molecule has 2 aromatic heterocycles. The van der Waals surface area contributed by atoms with Crippen LogP contribution in [0.25, 0.3) is 0 Å². The van der Waals surface area contributed by atoms with E-state index in [0.717, 1.165) is 25.2 Å². The molecule has 0 aliphatic carbocycles. The Balaban J connectivity index is 1.75. The number of hydrogen-bond acceptors (Lipinski definition) is 6. The quantitative estimate of drug-likeness (QED) is 0.596. The van der Waals surface area contributed by atoms with E-state index in [0.29, 0.717) is 5.82 Å². The van der Waals surface area contributed by atoms with Crippen LogP contribution in [0.15, 0.2) is 24.5 Å². The average molecular weight is 261 g/mol. The maximum absolute atomic E-state index is 11.2. The van der Waals surface area contributed by atoms with Gasteiger partial charge in [-0.05, 0) is 18.6 Å². The monoisotopic (exact) mass is 261 g/mol. The number of anilines is 1. The number of imidazole rings is 1. The smallest absolute Gasteiger partial charge is 0.358 e. The highest BCUT2D eigenvalue weighted by molar-refractivity contribution is 5.86. The van der Waals surface area contributed by atoms with Crippen molar-refractivity contribution in [3.05, 3.63) is 36.0 Å². The van der Waals surface area contributed by atoms with E-state index in [-0.39, 0.29) is 5.69 Å². The van der Waals surface area contributed by atoms with E-state index in [1.54, 1.807) is 24.5 Å². The highest BCUT2D eigenvalue weighted by Gasteiger charge is 2.07. The van der Waals surface area contributed by atoms with Gasteiger partial charge in [0.1, 0.15) is 11.6 Å². The van der Waals surface area contributed by atoms with Crippen LogP contribution in [0, 0.1) is 0 Å². The minimum atomic E-state index is -0.489. The van der Waals surface area contributed by atoms with E-state index in [1.165, 1.54) is 7.11 Å². The summed E-state index contributed by atoms with van der Waals surface area (Å²) in [5.41, 5.74) is 0.198. The average Bonchev–Trinajstić information content (AvgIpc) is 2.96. The highest BCUT2D eigenvalue weighted by Crippen LogP contribution is 2.03. The van der Waals surface area contributed by atoms with Crippen LogP contribution in [0.1, 0.15) is 22.7 Å². The molecule has 0 aliphatic heterocycles. The number of carbonyl (C=O) groups is 1. The van der Waals surface area contributed by atoms with Gasteiger partial charge in [-0.3, -0.25) is 0 Å². The van der Waals surface area contributed by atoms with Crippen LogP contribution in [-0.4, -0.2) is 39.8 Å². The Morgan fingerprint density at radius 2 is 2.32 bits per heavy atom. The molecule has 7 heteroatoms. The number of methoxy groups -OCH3 is 1. The largest absolute Gasteiger partial charge is 0.464 e. The van der Waals surface area contributed by atoms with Crippen molar-refractivity contribution in [2.24, 2.45) is 0 Å². The number of hydrogen-bond donors (Lipinski definition) is 2. The van der Waals surface area contributed by atoms with Crippen molar-refractivity contribution in [1.82, 2.24) is 20.2 Å². The molecule has 0 aliphatic rings. The molecule has 0 radical (unpaired) electrons. The summed E-state index contributed by atoms with van der Waals surface area (Å²) in [5.74, 6) is 1.11. The van der Waals surface area contributed by atoms with Gasteiger partial charge in [-0.1, -0.05) is 0 Å². The second-order valence-electron chi connectivity index (χ2n) is 3.86. The van der Waals surface area contributed by atoms with E-state index in [9.17, 15) is 4.79 Å². The predicted molar refractivity (Wildman–Crippen MR) is 68.8 cm³/mol. The van der Waals surface area contributed by atoms with Gasteiger partial charge in [-0.25, -0.2) is 9.78 Å². The number of nitrogens with one attached hydrogen (secondary N) is 2. The molecule has 0 spiro atoms. The zero-order chi connectivity index (χ0) is 13.5. The molecule has 0 saturated heterocycles. The summed E-state index contributed by atoms with van der Waals surface area (Å²) in [4.78, 5) is 18.3. The van der Waals surface area contributed by atoms with Gasteiger partial charge in [0.2, 0.25) is 0 Å². The summed E-state index contributed by atoms with van der Waals surface area (Å²) in [7, 11) is 1.31. The van der Waals surface area contributed by atoms with E-state index in [4.69, 9.17) is 0 Å². The van der Waals surface area contributed by atoms with Gasteiger partial charge in [0.25, 0.3) is 0 Å². The predicted octanol–water partition coefficient (Wildman–Crippen LogP) is 1.03. The summed E-state index contributed by atoms with van der Waals surface area (Å²) in [6.45, 7) is 0.757. The summed E-state index contributed by atoms with van der Waals surface area (Å²) in [6.07, 6.45) is 5.33. The van der Waals surface area contributed by atoms with Crippen molar-refractivity contribution >= 4 is 11.8 Å². The van der Waals surface area contributed by atoms with Crippen molar-refractivity contribution in [2.45, 2.75) is 12.8 Å². The normalized spacial score (nSPS) is 10.2. The molecule has 2 N–H and O–H groups in total. The second kappa shape index (κ2) is 6.48. The Bertz CT molecular complexity index is 509. The fourth-order valence-corrected chi connectivity index (χ4v) is 1.55. The third kappa shape index (κ3) is 3.77. The third-order valence-corrected chi connectivity index (χ3v) is 2.51. The SMILES string of the molecule is COC(=O)c1ccc(NCCCc2ncc[nH]2)nn1. The van der Waals surface area contributed by atoms with Crippen LogP contribution in [0.2, 0.25) is 0 Å². The molecular formula is C12H15N5O2. The Hall–Kier alpha value is -2.44. The fourth-order valence-electron chi connectivity index (χ4n) is 1.55. The maximum atomic E-state index is 11.2. The zero-order valence-corrected chi connectivity index (χ0v) is 10.6. The Labute approximate surface area is 110 Å². The summed E-state index contributed by atoms with van der Waals surface area (Å²) in [6, 6.07) is 3.28. The first-order chi connectivity index (χ1) is 9.29. The van der Waals surface area contributed by atoms with Crippen LogP contribution in [-0.2, 0) is 11.2 Å². The molecule has 19 heavy (non-hydrogen) atoms. The van der Waals surface area contributed by atoms with E-state index >= 15 is 0 Å². The molecule has 0 fully saturated rings. The number of ether oxygens (including phenoxy) is 1. The molecule has 0 unspecified atom stereocenters. The molecular weight excluding hydrogens is 246 g/mol. The van der Waals surface area contributed by atoms with Gasteiger partial charge in [-0.15, -0.1) is 10.2 Å². The van der Waals surface area contributed by atoms with Crippen LogP contribution >= 0.6 is 0 Å². The number of aryl methyl sites for hydroxylation is 1. The number of rotatable bonds is 6. The van der Waals surface area contributed by atoms with Gasteiger partial charge in [-0.2, -0.15) is 0 Å². The van der Waals surface area contributed by atoms with Gasteiger partial charge in [0, 0.05) is 25.4 Å². The minimum Gasteiger partial charge on any atom is -0.464 e. The van der Waals surface area contributed by atoms with Crippen molar-refractivity contribution in [3.63, 3.8) is 0 Å². The molecule has 2 rings (SSSR count). The first-order valence-corrected chi connectivity index (χ1v) is 5.94. The van der Waals surface area contributed by atoms with Gasteiger partial charge in [0.15, 0.2) is 5.69 Å². The van der Waals surface area contributed by atoms with Crippen LogP contribution in [0.5, 0.6) is 0 Å². The van der Waals surface area contributed by atoms with Gasteiger partial charge < -0.3 is 15.0 Å². The summed E-state index contributed by atoms with van der Waals surface area (Å²) in [5, 5.41) is 10.8. The number of H-pyrrole nitrogens is 1. The first kappa shape index (κ1) is 13.0. The maximum Gasteiger partial charge on any atom is 0.358 e. The van der Waals surface area contributed by atoms with Gasteiger partial charge >= 0.3 is 5.97 Å². The third-order valence-electron chi connectivity index (χ3n) is 2.51. The molecule has 2 heterocycles. The first-order valence-electron chi connectivity index (χ1n) is 5.94. The molecule has 100 valence electrons. The highest BCUT2D eigenvalue weighted by atomic mass is 16.5. The van der Waals surface area contributed by atoms with Crippen LogP contribution < -0.4 is 5.32 Å². The molecule has 0 aromatic carbocycles. The van der Waals surface area contributed by atoms with Crippen LogP contribution in [0.3, 0.4) is 0 Å². The van der Waals surface area contributed by atoms with Crippen molar-refractivity contribution in [2.75, 3.05) is 19.0 Å².